The lowest BCUT2D eigenvalue weighted by atomic mass is 10.2. The molecule has 11 heteroatoms. The highest BCUT2D eigenvalue weighted by molar-refractivity contribution is 14.0. The molecule has 2 rings (SSSR count). The molecule has 1 aromatic carbocycles. The number of nitrogens with one attached hydrogen (secondary N) is 2. The number of aromatic nitrogens is 1. The van der Waals surface area contributed by atoms with E-state index in [1.54, 1.807) is 25.2 Å². The van der Waals surface area contributed by atoms with Gasteiger partial charge in [0.1, 0.15) is 10.8 Å². The number of para-hydroxylation sites is 1. The van der Waals surface area contributed by atoms with Crippen molar-refractivity contribution in [3.8, 4) is 0 Å². The van der Waals surface area contributed by atoms with E-state index in [4.69, 9.17) is 0 Å². The van der Waals surface area contributed by atoms with Crippen molar-refractivity contribution in [3.05, 3.63) is 46.2 Å². The summed E-state index contributed by atoms with van der Waals surface area (Å²) in [5.74, 6) is 0.194. The molecule has 0 aliphatic rings. The first-order valence-electron chi connectivity index (χ1n) is 8.23. The van der Waals surface area contributed by atoms with Crippen LogP contribution in [0.2, 0.25) is 0 Å². The Morgan fingerprint density at radius 2 is 1.96 bits per heavy atom. The smallest absolute Gasteiger partial charge is 0.372 e. The molecule has 0 spiro atoms. The van der Waals surface area contributed by atoms with E-state index in [1.807, 2.05) is 11.9 Å². The molecule has 0 amide bonds. The zero-order chi connectivity index (χ0) is 19.9. The van der Waals surface area contributed by atoms with Crippen molar-refractivity contribution < 1.29 is 17.6 Å². The fourth-order valence-electron chi connectivity index (χ4n) is 2.31. The number of guanidine groups is 1. The molecular formula is C17H22F4IN5S. The number of aliphatic imine (C=N–C) groups is 1. The summed E-state index contributed by atoms with van der Waals surface area (Å²) >= 11 is 0.942. The molecule has 0 saturated heterocycles. The lowest BCUT2D eigenvalue weighted by Gasteiger charge is -2.20. The summed E-state index contributed by atoms with van der Waals surface area (Å²) in [7, 11) is 3.38. The fourth-order valence-corrected chi connectivity index (χ4v) is 3.05. The van der Waals surface area contributed by atoms with Crippen LogP contribution in [0.15, 0.2) is 34.6 Å². The molecule has 1 aromatic heterocycles. The standard InChI is InChI=1S/C17H21F4N5S.HI/c1-22-16(24-10-15-25-14(11-27-15)17(19,20)21)23-8-5-9-26(2)13-7-4-3-6-12(13)18;/h3-4,6-7,11H,5,8-10H2,1-2H3,(H2,22,23,24);1H. The van der Waals surface area contributed by atoms with E-state index in [9.17, 15) is 17.6 Å². The van der Waals surface area contributed by atoms with E-state index in [2.05, 4.69) is 20.6 Å². The molecule has 1 heterocycles. The Balaban J connectivity index is 0.00000392. The Labute approximate surface area is 182 Å². The average molecular weight is 531 g/mol. The normalized spacial score (nSPS) is 11.7. The van der Waals surface area contributed by atoms with Gasteiger partial charge in [-0.3, -0.25) is 4.99 Å². The highest BCUT2D eigenvalue weighted by Crippen LogP contribution is 2.29. The number of alkyl halides is 3. The Kier molecular flexibility index (Phi) is 9.93. The average Bonchev–Trinajstić information content (AvgIpc) is 3.11. The van der Waals surface area contributed by atoms with Crippen molar-refractivity contribution >= 4 is 47.0 Å². The Bertz CT molecular complexity index is 766. The van der Waals surface area contributed by atoms with Gasteiger partial charge in [-0.15, -0.1) is 35.3 Å². The number of rotatable bonds is 7. The minimum Gasteiger partial charge on any atom is -0.372 e. The van der Waals surface area contributed by atoms with Gasteiger partial charge in [0.05, 0.1) is 12.2 Å². The Hall–Kier alpha value is -1.63. The van der Waals surface area contributed by atoms with Crippen LogP contribution >= 0.6 is 35.3 Å². The molecule has 0 atom stereocenters. The summed E-state index contributed by atoms with van der Waals surface area (Å²) in [5, 5.41) is 7.31. The van der Waals surface area contributed by atoms with Gasteiger partial charge in [-0.05, 0) is 18.6 Å². The summed E-state index contributed by atoms with van der Waals surface area (Å²) in [6.07, 6.45) is -3.71. The van der Waals surface area contributed by atoms with E-state index < -0.39 is 11.9 Å². The summed E-state index contributed by atoms with van der Waals surface area (Å²) < 4.78 is 51.3. The first-order chi connectivity index (χ1) is 12.8. The topological polar surface area (TPSA) is 52.6 Å². The quantitative estimate of drug-likeness (QED) is 0.186. The van der Waals surface area contributed by atoms with Crippen LogP contribution in [-0.2, 0) is 12.7 Å². The third-order valence-corrected chi connectivity index (χ3v) is 4.55. The van der Waals surface area contributed by atoms with Gasteiger partial charge in [-0.25, -0.2) is 9.37 Å². The van der Waals surface area contributed by atoms with E-state index in [0.717, 1.165) is 23.1 Å². The molecule has 0 aliphatic carbocycles. The van der Waals surface area contributed by atoms with Crippen LogP contribution in [0.4, 0.5) is 23.2 Å². The van der Waals surface area contributed by atoms with Crippen LogP contribution in [0.1, 0.15) is 17.1 Å². The minimum atomic E-state index is -4.43. The Morgan fingerprint density at radius 1 is 1.25 bits per heavy atom. The number of hydrogen-bond donors (Lipinski definition) is 2. The summed E-state index contributed by atoms with van der Waals surface area (Å²) in [4.78, 5) is 9.40. The summed E-state index contributed by atoms with van der Waals surface area (Å²) in [5.41, 5.74) is -0.354. The molecule has 156 valence electrons. The van der Waals surface area contributed by atoms with Crippen molar-refractivity contribution in [2.75, 3.05) is 32.1 Å². The molecule has 0 saturated carbocycles. The maximum atomic E-state index is 13.7. The molecule has 0 unspecified atom stereocenters. The molecule has 0 fully saturated rings. The number of anilines is 1. The first-order valence-corrected chi connectivity index (χ1v) is 9.11. The van der Waals surface area contributed by atoms with Crippen LogP contribution in [0.3, 0.4) is 0 Å². The van der Waals surface area contributed by atoms with E-state index in [1.165, 1.54) is 6.07 Å². The Morgan fingerprint density at radius 3 is 2.57 bits per heavy atom. The van der Waals surface area contributed by atoms with Gasteiger partial charge in [-0.1, -0.05) is 12.1 Å². The zero-order valence-electron chi connectivity index (χ0n) is 15.4. The van der Waals surface area contributed by atoms with Gasteiger partial charge in [-0.2, -0.15) is 13.2 Å². The molecular weight excluding hydrogens is 509 g/mol. The van der Waals surface area contributed by atoms with Crippen LogP contribution in [0.25, 0.3) is 0 Å². The van der Waals surface area contributed by atoms with E-state index >= 15 is 0 Å². The molecule has 0 radical (unpaired) electrons. The highest BCUT2D eigenvalue weighted by Gasteiger charge is 2.33. The zero-order valence-corrected chi connectivity index (χ0v) is 18.5. The number of nitrogens with zero attached hydrogens (tertiary/aromatic N) is 3. The first kappa shape index (κ1) is 24.4. The number of thiazole rings is 1. The maximum absolute atomic E-state index is 13.7. The third kappa shape index (κ3) is 7.41. The molecule has 2 N–H and O–H groups in total. The van der Waals surface area contributed by atoms with E-state index in [0.29, 0.717) is 29.7 Å². The van der Waals surface area contributed by atoms with Crippen molar-refractivity contribution in [2.24, 2.45) is 4.99 Å². The lowest BCUT2D eigenvalue weighted by Crippen LogP contribution is -2.38. The van der Waals surface area contributed by atoms with E-state index in [-0.39, 0.29) is 36.3 Å². The SMILES string of the molecule is CN=C(NCCCN(C)c1ccccc1F)NCc1nc(C(F)(F)F)cs1.I. The second kappa shape index (κ2) is 11.4. The van der Waals surface area contributed by atoms with Crippen molar-refractivity contribution in [1.29, 1.82) is 0 Å². The van der Waals surface area contributed by atoms with Gasteiger partial charge in [0.15, 0.2) is 11.7 Å². The molecule has 0 bridgehead atoms. The van der Waals surface area contributed by atoms with Crippen LogP contribution in [0.5, 0.6) is 0 Å². The molecule has 0 aliphatic heterocycles. The minimum absolute atomic E-state index is 0. The molecule has 5 nitrogen and oxygen atoms in total. The largest absolute Gasteiger partial charge is 0.434 e. The van der Waals surface area contributed by atoms with Crippen molar-refractivity contribution in [2.45, 2.75) is 19.1 Å². The maximum Gasteiger partial charge on any atom is 0.434 e. The number of benzene rings is 1. The highest BCUT2D eigenvalue weighted by atomic mass is 127. The van der Waals surface area contributed by atoms with Gasteiger partial charge in [0, 0.05) is 32.6 Å². The van der Waals surface area contributed by atoms with Gasteiger partial charge < -0.3 is 15.5 Å². The van der Waals surface area contributed by atoms with Crippen LogP contribution in [-0.4, -0.2) is 38.1 Å². The van der Waals surface area contributed by atoms with Crippen molar-refractivity contribution in [3.63, 3.8) is 0 Å². The second-order valence-corrected chi connectivity index (χ2v) is 6.65. The third-order valence-electron chi connectivity index (χ3n) is 3.70. The summed E-state index contributed by atoms with van der Waals surface area (Å²) in [6.45, 7) is 1.35. The van der Waals surface area contributed by atoms with Gasteiger partial charge in [0.25, 0.3) is 0 Å². The monoisotopic (exact) mass is 531 g/mol. The predicted molar refractivity (Wildman–Crippen MR) is 115 cm³/mol. The predicted octanol–water partition coefficient (Wildman–Crippen LogP) is 4.11. The molecule has 28 heavy (non-hydrogen) atoms. The van der Waals surface area contributed by atoms with Crippen LogP contribution in [0, 0.1) is 5.82 Å². The number of hydrogen-bond acceptors (Lipinski definition) is 4. The number of halogens is 5. The van der Waals surface area contributed by atoms with Gasteiger partial charge in [0.2, 0.25) is 0 Å². The van der Waals surface area contributed by atoms with Gasteiger partial charge >= 0.3 is 6.18 Å². The molecule has 2 aromatic rings. The van der Waals surface area contributed by atoms with Crippen LogP contribution < -0.4 is 15.5 Å². The summed E-state index contributed by atoms with van der Waals surface area (Å²) in [6, 6.07) is 6.55. The lowest BCUT2D eigenvalue weighted by molar-refractivity contribution is -0.140. The van der Waals surface area contributed by atoms with Crippen molar-refractivity contribution in [1.82, 2.24) is 15.6 Å². The fraction of sp³-hybridized carbons (Fsp3) is 0.412. The second-order valence-electron chi connectivity index (χ2n) is 5.70.